The van der Waals surface area contributed by atoms with Gasteiger partial charge in [0.25, 0.3) is 0 Å². The molecule has 0 aliphatic carbocycles. The van der Waals surface area contributed by atoms with Gasteiger partial charge in [0.1, 0.15) is 0 Å². The maximum absolute atomic E-state index is 11.9. The van der Waals surface area contributed by atoms with E-state index in [0.717, 1.165) is 30.5 Å². The number of rotatable bonds is 7. The first-order valence-corrected chi connectivity index (χ1v) is 8.17. The van der Waals surface area contributed by atoms with Crippen LogP contribution in [0.25, 0.3) is 0 Å². The minimum absolute atomic E-state index is 0.00489. The number of nitrogens with one attached hydrogen (secondary N) is 1. The van der Waals surface area contributed by atoms with E-state index in [1.165, 1.54) is 10.5 Å². The Bertz CT molecular complexity index is 594. The molecule has 1 heterocycles. The number of carbonyl (C=O) groups excluding carboxylic acids is 3. The summed E-state index contributed by atoms with van der Waals surface area (Å²) in [5, 5.41) is 2.93. The molecule has 3 amide bonds. The van der Waals surface area contributed by atoms with Crippen LogP contribution in [0.2, 0.25) is 0 Å². The number of hydrogen-bond acceptors (Lipinski definition) is 3. The zero-order chi connectivity index (χ0) is 16.8. The number of nitrogens with zero attached hydrogens (tertiary/aromatic N) is 1. The number of benzene rings is 1. The summed E-state index contributed by atoms with van der Waals surface area (Å²) in [5.74, 6) is -0.129. The normalized spacial score (nSPS) is 14.4. The summed E-state index contributed by atoms with van der Waals surface area (Å²) in [6, 6.07) is 5.94. The van der Waals surface area contributed by atoms with Crippen molar-refractivity contribution in [3.05, 3.63) is 29.3 Å². The summed E-state index contributed by atoms with van der Waals surface area (Å²) in [6.45, 7) is 4.48. The van der Waals surface area contributed by atoms with Crippen molar-refractivity contribution in [1.29, 1.82) is 0 Å². The van der Waals surface area contributed by atoms with Crippen LogP contribution in [-0.4, -0.2) is 29.2 Å². The monoisotopic (exact) mass is 316 g/mol. The van der Waals surface area contributed by atoms with Crippen molar-refractivity contribution in [2.45, 2.75) is 52.4 Å². The van der Waals surface area contributed by atoms with E-state index in [9.17, 15) is 14.4 Å². The molecule has 0 unspecified atom stereocenters. The standard InChI is InChI=1S/C18H24N2O3/c1-13-7-8-15(14(2)12-13)19-16(21)6-4-3-5-11-20-17(22)9-10-18(20)23/h7-8,12H,3-6,9-11H2,1-2H3,(H,19,21). The molecule has 5 heteroatoms. The zero-order valence-corrected chi connectivity index (χ0v) is 13.9. The lowest BCUT2D eigenvalue weighted by Crippen LogP contribution is -2.29. The molecule has 1 aromatic rings. The third kappa shape index (κ3) is 4.91. The van der Waals surface area contributed by atoms with Crippen LogP contribution in [0.5, 0.6) is 0 Å². The molecular weight excluding hydrogens is 292 g/mol. The molecule has 1 saturated heterocycles. The van der Waals surface area contributed by atoms with Gasteiger partial charge in [-0.3, -0.25) is 19.3 Å². The molecular formula is C18H24N2O3. The van der Waals surface area contributed by atoms with E-state index >= 15 is 0 Å². The summed E-state index contributed by atoms with van der Waals surface area (Å²) in [6.07, 6.45) is 3.49. The molecule has 0 atom stereocenters. The molecule has 0 spiro atoms. The smallest absolute Gasteiger partial charge is 0.229 e. The number of aryl methyl sites for hydroxylation is 2. The third-order valence-electron chi connectivity index (χ3n) is 4.10. The molecule has 1 aromatic carbocycles. The largest absolute Gasteiger partial charge is 0.326 e. The summed E-state index contributed by atoms with van der Waals surface area (Å²) in [5.41, 5.74) is 3.09. The number of hydrogen-bond donors (Lipinski definition) is 1. The van der Waals surface area contributed by atoms with E-state index in [0.29, 0.717) is 25.8 Å². The second-order valence-corrected chi connectivity index (χ2v) is 6.12. The van der Waals surface area contributed by atoms with Gasteiger partial charge in [0.05, 0.1) is 0 Å². The zero-order valence-electron chi connectivity index (χ0n) is 13.9. The molecule has 1 aliphatic rings. The summed E-state index contributed by atoms with van der Waals surface area (Å²) >= 11 is 0. The fourth-order valence-electron chi connectivity index (χ4n) is 2.77. The Morgan fingerprint density at radius 1 is 1.09 bits per heavy atom. The first-order valence-electron chi connectivity index (χ1n) is 8.17. The molecule has 23 heavy (non-hydrogen) atoms. The quantitative estimate of drug-likeness (QED) is 0.621. The van der Waals surface area contributed by atoms with E-state index in [-0.39, 0.29) is 17.7 Å². The lowest BCUT2D eigenvalue weighted by atomic mass is 10.1. The van der Waals surface area contributed by atoms with Crippen LogP contribution in [0, 0.1) is 13.8 Å². The SMILES string of the molecule is Cc1ccc(NC(=O)CCCCCN2C(=O)CCC2=O)c(C)c1. The third-order valence-corrected chi connectivity index (χ3v) is 4.10. The number of unbranched alkanes of at least 4 members (excludes halogenated alkanes) is 2. The van der Waals surface area contributed by atoms with Crippen LogP contribution in [0.3, 0.4) is 0 Å². The van der Waals surface area contributed by atoms with Crippen LogP contribution in [0.4, 0.5) is 5.69 Å². The molecule has 0 saturated carbocycles. The Kier molecular flexibility index (Phi) is 5.90. The highest BCUT2D eigenvalue weighted by Gasteiger charge is 2.27. The van der Waals surface area contributed by atoms with Gasteiger partial charge in [0.15, 0.2) is 0 Å². The minimum Gasteiger partial charge on any atom is -0.326 e. The fourth-order valence-corrected chi connectivity index (χ4v) is 2.77. The average Bonchev–Trinajstić information content (AvgIpc) is 2.81. The van der Waals surface area contributed by atoms with Gasteiger partial charge in [-0.25, -0.2) is 0 Å². The van der Waals surface area contributed by atoms with Crippen molar-refractivity contribution in [3.8, 4) is 0 Å². The highest BCUT2D eigenvalue weighted by atomic mass is 16.2. The van der Waals surface area contributed by atoms with Crippen molar-refractivity contribution in [3.63, 3.8) is 0 Å². The number of amides is 3. The van der Waals surface area contributed by atoms with E-state index in [1.54, 1.807) is 0 Å². The summed E-state index contributed by atoms with van der Waals surface area (Å²) in [4.78, 5) is 36.2. The first kappa shape index (κ1) is 17.2. The molecule has 5 nitrogen and oxygen atoms in total. The first-order chi connectivity index (χ1) is 11.0. The fraction of sp³-hybridized carbons (Fsp3) is 0.500. The topological polar surface area (TPSA) is 66.5 Å². The summed E-state index contributed by atoms with van der Waals surface area (Å²) < 4.78 is 0. The van der Waals surface area contributed by atoms with E-state index in [4.69, 9.17) is 0 Å². The average molecular weight is 316 g/mol. The molecule has 1 fully saturated rings. The molecule has 0 radical (unpaired) electrons. The lowest BCUT2D eigenvalue weighted by Gasteiger charge is -2.13. The molecule has 2 rings (SSSR count). The Balaban J connectivity index is 1.65. The second kappa shape index (κ2) is 7.90. The molecule has 124 valence electrons. The molecule has 0 bridgehead atoms. The maximum Gasteiger partial charge on any atom is 0.229 e. The predicted molar refractivity (Wildman–Crippen MR) is 89.0 cm³/mol. The van der Waals surface area contributed by atoms with Gasteiger partial charge >= 0.3 is 0 Å². The Hall–Kier alpha value is -2.17. The van der Waals surface area contributed by atoms with Gasteiger partial charge in [-0.05, 0) is 38.3 Å². The number of imide groups is 1. The van der Waals surface area contributed by atoms with Crippen LogP contribution >= 0.6 is 0 Å². The van der Waals surface area contributed by atoms with E-state index in [2.05, 4.69) is 5.32 Å². The molecule has 1 N–H and O–H groups in total. The minimum atomic E-state index is -0.0670. The van der Waals surface area contributed by atoms with Gasteiger partial charge in [-0.1, -0.05) is 24.1 Å². The van der Waals surface area contributed by atoms with Gasteiger partial charge in [-0.15, -0.1) is 0 Å². The van der Waals surface area contributed by atoms with Crippen LogP contribution in [0.15, 0.2) is 18.2 Å². The predicted octanol–water partition coefficient (Wildman–Crippen LogP) is 2.95. The number of likely N-dealkylation sites (tertiary alicyclic amines) is 1. The second-order valence-electron chi connectivity index (χ2n) is 6.12. The highest BCUT2D eigenvalue weighted by molar-refractivity contribution is 6.01. The molecule has 1 aliphatic heterocycles. The number of anilines is 1. The van der Waals surface area contributed by atoms with Crippen molar-refractivity contribution in [1.82, 2.24) is 4.90 Å². The van der Waals surface area contributed by atoms with Crippen LogP contribution in [0.1, 0.15) is 49.7 Å². The Morgan fingerprint density at radius 3 is 2.43 bits per heavy atom. The van der Waals surface area contributed by atoms with Gasteiger partial charge in [-0.2, -0.15) is 0 Å². The van der Waals surface area contributed by atoms with Gasteiger partial charge in [0, 0.05) is 31.5 Å². The highest BCUT2D eigenvalue weighted by Crippen LogP contribution is 2.17. The maximum atomic E-state index is 11.9. The lowest BCUT2D eigenvalue weighted by molar-refractivity contribution is -0.138. The summed E-state index contributed by atoms with van der Waals surface area (Å²) in [7, 11) is 0. The van der Waals surface area contributed by atoms with E-state index in [1.807, 2.05) is 32.0 Å². The van der Waals surface area contributed by atoms with Crippen molar-refractivity contribution in [2.24, 2.45) is 0 Å². The Morgan fingerprint density at radius 2 is 1.78 bits per heavy atom. The number of carbonyl (C=O) groups is 3. The van der Waals surface area contributed by atoms with Gasteiger partial charge < -0.3 is 5.32 Å². The van der Waals surface area contributed by atoms with Crippen molar-refractivity contribution < 1.29 is 14.4 Å². The van der Waals surface area contributed by atoms with E-state index < -0.39 is 0 Å². The van der Waals surface area contributed by atoms with Crippen LogP contribution < -0.4 is 5.32 Å². The van der Waals surface area contributed by atoms with Crippen molar-refractivity contribution >= 4 is 23.4 Å². The Labute approximate surface area is 137 Å². The van der Waals surface area contributed by atoms with Crippen LogP contribution in [-0.2, 0) is 14.4 Å². The van der Waals surface area contributed by atoms with Crippen molar-refractivity contribution in [2.75, 3.05) is 11.9 Å². The van der Waals surface area contributed by atoms with Gasteiger partial charge in [0.2, 0.25) is 17.7 Å². The molecule has 0 aromatic heterocycles.